The van der Waals surface area contributed by atoms with Crippen molar-refractivity contribution in [3.8, 4) is 0 Å². The first-order valence-electron chi connectivity index (χ1n) is 5.47. The number of allylic oxidation sites excluding steroid dienone is 5. The lowest BCUT2D eigenvalue weighted by Gasteiger charge is -2.40. The molecule has 0 N–H and O–H groups in total. The lowest BCUT2D eigenvalue weighted by Crippen LogP contribution is -2.31. The molecule has 0 amide bonds. The lowest BCUT2D eigenvalue weighted by atomic mass is 9.64. The molecule has 0 radical (unpaired) electrons. The highest BCUT2D eigenvalue weighted by Crippen LogP contribution is 2.44. The molecule has 2 unspecified atom stereocenters. The predicted molar refractivity (Wildman–Crippen MR) is 70.9 cm³/mol. The summed E-state index contributed by atoms with van der Waals surface area (Å²) >= 11 is 0. The number of hydrogen-bond acceptors (Lipinski definition) is 0. The molecule has 2 atom stereocenters. The standard InChI is InChI=1S/C14H22.CH4/c1-6-8-11(2)13-12(3)9-7-10-14(13,4)5;/h6-9,12-13H,2,10H2,1,3-5H3;1H4/b8-6+;. The van der Waals surface area contributed by atoms with E-state index in [4.69, 9.17) is 0 Å². The molecule has 0 heterocycles. The van der Waals surface area contributed by atoms with E-state index in [2.05, 4.69) is 58.6 Å². The molecule has 0 fully saturated rings. The maximum absolute atomic E-state index is 4.19. The smallest absolute Gasteiger partial charge is 0.00534 e. The number of hydrogen-bond donors (Lipinski definition) is 0. The molecule has 0 aliphatic heterocycles. The largest absolute Gasteiger partial charge is 0.0955 e. The van der Waals surface area contributed by atoms with Crippen molar-refractivity contribution in [3.05, 3.63) is 36.5 Å². The summed E-state index contributed by atoms with van der Waals surface area (Å²) in [6, 6.07) is 0. The van der Waals surface area contributed by atoms with Crippen LogP contribution in [0.3, 0.4) is 0 Å². The quantitative estimate of drug-likeness (QED) is 0.441. The maximum atomic E-state index is 4.19. The average Bonchev–Trinajstić information content (AvgIpc) is 2.02. The Morgan fingerprint density at radius 3 is 2.53 bits per heavy atom. The van der Waals surface area contributed by atoms with Crippen molar-refractivity contribution in [1.82, 2.24) is 0 Å². The fourth-order valence-corrected chi connectivity index (χ4v) is 2.69. The fraction of sp³-hybridized carbons (Fsp3) is 0.600. The van der Waals surface area contributed by atoms with E-state index in [1.807, 2.05) is 0 Å². The van der Waals surface area contributed by atoms with Crippen LogP contribution in [0.5, 0.6) is 0 Å². The van der Waals surface area contributed by atoms with Crippen molar-refractivity contribution < 1.29 is 0 Å². The average molecular weight is 206 g/mol. The van der Waals surface area contributed by atoms with E-state index in [1.54, 1.807) is 0 Å². The van der Waals surface area contributed by atoms with Gasteiger partial charge in [0.2, 0.25) is 0 Å². The van der Waals surface area contributed by atoms with Crippen molar-refractivity contribution in [3.63, 3.8) is 0 Å². The Kier molecular flexibility index (Phi) is 5.07. The molecular weight excluding hydrogens is 180 g/mol. The molecule has 0 saturated heterocycles. The Balaban J connectivity index is 0.00000196. The Bertz CT molecular complexity index is 266. The molecule has 1 rings (SSSR count). The van der Waals surface area contributed by atoms with Crippen molar-refractivity contribution in [2.24, 2.45) is 17.3 Å². The summed E-state index contributed by atoms with van der Waals surface area (Å²) in [6.07, 6.45) is 10.0. The van der Waals surface area contributed by atoms with E-state index in [-0.39, 0.29) is 7.43 Å². The fourth-order valence-electron chi connectivity index (χ4n) is 2.69. The van der Waals surface area contributed by atoms with Gasteiger partial charge in [0.05, 0.1) is 0 Å². The minimum absolute atomic E-state index is 0. The van der Waals surface area contributed by atoms with Crippen LogP contribution in [0.15, 0.2) is 36.5 Å². The second kappa shape index (κ2) is 5.34. The van der Waals surface area contributed by atoms with E-state index in [1.165, 1.54) is 12.0 Å². The minimum atomic E-state index is 0. The Labute approximate surface area is 95.8 Å². The Hall–Kier alpha value is -0.780. The van der Waals surface area contributed by atoms with Gasteiger partial charge in [-0.05, 0) is 30.6 Å². The molecule has 0 aromatic rings. The molecule has 0 spiro atoms. The first-order chi connectivity index (χ1) is 6.49. The Morgan fingerprint density at radius 2 is 2.07 bits per heavy atom. The molecule has 0 heteroatoms. The van der Waals surface area contributed by atoms with Crippen molar-refractivity contribution >= 4 is 0 Å². The topological polar surface area (TPSA) is 0 Å². The molecule has 0 nitrogen and oxygen atoms in total. The zero-order chi connectivity index (χ0) is 10.8. The molecule has 86 valence electrons. The first-order valence-corrected chi connectivity index (χ1v) is 5.47. The number of rotatable bonds is 2. The molecule has 0 aromatic carbocycles. The van der Waals surface area contributed by atoms with Crippen LogP contribution in [-0.4, -0.2) is 0 Å². The normalized spacial score (nSPS) is 28.8. The van der Waals surface area contributed by atoms with Crippen LogP contribution in [0.1, 0.15) is 41.5 Å². The summed E-state index contributed by atoms with van der Waals surface area (Å²) in [6.45, 7) is 13.2. The zero-order valence-corrected chi connectivity index (χ0v) is 9.88. The monoisotopic (exact) mass is 206 g/mol. The molecule has 1 aliphatic carbocycles. The predicted octanol–water partition coefficient (Wildman–Crippen LogP) is 4.99. The van der Waals surface area contributed by atoms with Crippen LogP contribution < -0.4 is 0 Å². The van der Waals surface area contributed by atoms with Gasteiger partial charge in [-0.3, -0.25) is 0 Å². The van der Waals surface area contributed by atoms with E-state index >= 15 is 0 Å². The summed E-state index contributed by atoms with van der Waals surface area (Å²) in [5.41, 5.74) is 1.62. The van der Waals surface area contributed by atoms with Gasteiger partial charge in [-0.25, -0.2) is 0 Å². The van der Waals surface area contributed by atoms with Gasteiger partial charge in [0.25, 0.3) is 0 Å². The van der Waals surface area contributed by atoms with E-state index in [0.717, 1.165) is 0 Å². The highest BCUT2D eigenvalue weighted by molar-refractivity contribution is 5.24. The van der Waals surface area contributed by atoms with Gasteiger partial charge in [-0.1, -0.05) is 64.7 Å². The summed E-state index contributed by atoms with van der Waals surface area (Å²) in [5, 5.41) is 0. The summed E-state index contributed by atoms with van der Waals surface area (Å²) < 4.78 is 0. The maximum Gasteiger partial charge on any atom is -0.00534 e. The highest BCUT2D eigenvalue weighted by atomic mass is 14.4. The van der Waals surface area contributed by atoms with Gasteiger partial charge in [-0.2, -0.15) is 0 Å². The third-order valence-electron chi connectivity index (χ3n) is 3.23. The molecular formula is C15H26. The molecule has 15 heavy (non-hydrogen) atoms. The van der Waals surface area contributed by atoms with Crippen LogP contribution in [0.2, 0.25) is 0 Å². The van der Waals surface area contributed by atoms with E-state index in [9.17, 15) is 0 Å². The van der Waals surface area contributed by atoms with Crippen molar-refractivity contribution in [1.29, 1.82) is 0 Å². The SMILES string of the molecule is C.C=C(/C=C/C)C1C(C)C=CCC1(C)C. The highest BCUT2D eigenvalue weighted by Gasteiger charge is 2.35. The van der Waals surface area contributed by atoms with Gasteiger partial charge >= 0.3 is 0 Å². The third kappa shape index (κ3) is 3.09. The molecule has 1 aliphatic rings. The van der Waals surface area contributed by atoms with Crippen LogP contribution in [-0.2, 0) is 0 Å². The van der Waals surface area contributed by atoms with Gasteiger partial charge < -0.3 is 0 Å². The van der Waals surface area contributed by atoms with E-state index < -0.39 is 0 Å². The van der Waals surface area contributed by atoms with E-state index in [0.29, 0.717) is 17.3 Å². The minimum Gasteiger partial charge on any atom is -0.0955 e. The second-order valence-corrected chi connectivity index (χ2v) is 5.03. The van der Waals surface area contributed by atoms with Crippen LogP contribution >= 0.6 is 0 Å². The second-order valence-electron chi connectivity index (χ2n) is 5.03. The van der Waals surface area contributed by atoms with Crippen LogP contribution in [0, 0.1) is 17.3 Å². The van der Waals surface area contributed by atoms with Gasteiger partial charge in [0, 0.05) is 0 Å². The van der Waals surface area contributed by atoms with Gasteiger partial charge in [0.15, 0.2) is 0 Å². The first kappa shape index (κ1) is 14.2. The zero-order valence-electron chi connectivity index (χ0n) is 9.88. The van der Waals surface area contributed by atoms with Crippen molar-refractivity contribution in [2.45, 2.75) is 41.5 Å². The molecule has 0 aromatic heterocycles. The summed E-state index contributed by atoms with van der Waals surface area (Å²) in [4.78, 5) is 0. The molecule has 0 bridgehead atoms. The molecule has 0 saturated carbocycles. The van der Waals surface area contributed by atoms with Crippen LogP contribution in [0.4, 0.5) is 0 Å². The summed E-state index contributed by atoms with van der Waals surface area (Å²) in [5.74, 6) is 1.20. The third-order valence-corrected chi connectivity index (χ3v) is 3.23. The van der Waals surface area contributed by atoms with Crippen LogP contribution in [0.25, 0.3) is 0 Å². The lowest BCUT2D eigenvalue weighted by molar-refractivity contribution is 0.199. The van der Waals surface area contributed by atoms with Gasteiger partial charge in [-0.15, -0.1) is 0 Å². The Morgan fingerprint density at radius 1 is 1.47 bits per heavy atom. The summed E-state index contributed by atoms with van der Waals surface area (Å²) in [7, 11) is 0. The van der Waals surface area contributed by atoms with Gasteiger partial charge in [0.1, 0.15) is 0 Å². The van der Waals surface area contributed by atoms with Crippen molar-refractivity contribution in [2.75, 3.05) is 0 Å².